The molecule has 0 bridgehead atoms. The normalized spacial score (nSPS) is 14.4. The summed E-state index contributed by atoms with van der Waals surface area (Å²) < 4.78 is 7.07. The Balaban J connectivity index is 1.76. The molecule has 6 heteroatoms. The molecule has 1 amide bonds. The minimum absolute atomic E-state index is 0.0942. The first-order chi connectivity index (χ1) is 14.3. The van der Waals surface area contributed by atoms with Gasteiger partial charge in [-0.15, -0.1) is 0 Å². The molecule has 2 aromatic carbocycles. The van der Waals surface area contributed by atoms with Crippen molar-refractivity contribution in [3.8, 4) is 23.0 Å². The molecule has 1 aliphatic rings. The third-order valence-electron chi connectivity index (χ3n) is 4.76. The van der Waals surface area contributed by atoms with E-state index in [4.69, 9.17) is 9.84 Å². The summed E-state index contributed by atoms with van der Waals surface area (Å²) in [4.78, 5) is 14.5. The number of nitrogens with zero attached hydrogens (tertiary/aromatic N) is 4. The van der Waals surface area contributed by atoms with Crippen LogP contribution in [-0.2, 0) is 9.53 Å². The molecule has 0 saturated carbocycles. The van der Waals surface area contributed by atoms with Crippen molar-refractivity contribution in [2.24, 2.45) is 0 Å². The molecular weight excluding hydrogens is 364 g/mol. The molecule has 1 saturated heterocycles. The molecule has 1 aliphatic heterocycles. The third-order valence-corrected chi connectivity index (χ3v) is 4.76. The van der Waals surface area contributed by atoms with Gasteiger partial charge in [-0.3, -0.25) is 4.79 Å². The molecule has 6 nitrogen and oxygen atoms in total. The largest absolute Gasteiger partial charge is 0.378 e. The summed E-state index contributed by atoms with van der Waals surface area (Å²) in [5.74, 6) is -0.276. The van der Waals surface area contributed by atoms with Crippen LogP contribution in [-0.4, -0.2) is 46.9 Å². The third kappa shape index (κ3) is 4.10. The lowest BCUT2D eigenvalue weighted by Crippen LogP contribution is -2.41. The number of benzene rings is 2. The van der Waals surface area contributed by atoms with Gasteiger partial charge in [-0.2, -0.15) is 10.4 Å². The Hall–Kier alpha value is -3.69. The van der Waals surface area contributed by atoms with E-state index in [1.165, 1.54) is 0 Å². The minimum atomic E-state index is -0.276. The number of carbonyl (C=O) groups is 1. The molecule has 144 valence electrons. The van der Waals surface area contributed by atoms with Crippen molar-refractivity contribution in [3.05, 3.63) is 78.0 Å². The van der Waals surface area contributed by atoms with Crippen molar-refractivity contribution in [1.82, 2.24) is 14.7 Å². The maximum atomic E-state index is 12.8. The van der Waals surface area contributed by atoms with Crippen LogP contribution in [0.1, 0.15) is 5.56 Å². The van der Waals surface area contributed by atoms with Gasteiger partial charge in [0, 0.05) is 30.4 Å². The summed E-state index contributed by atoms with van der Waals surface area (Å²) in [7, 11) is 0. The van der Waals surface area contributed by atoms with E-state index in [1.807, 2.05) is 66.9 Å². The van der Waals surface area contributed by atoms with E-state index < -0.39 is 0 Å². The predicted octanol–water partition coefficient (Wildman–Crippen LogP) is 3.31. The Kier molecular flexibility index (Phi) is 5.50. The van der Waals surface area contributed by atoms with Gasteiger partial charge in [0.1, 0.15) is 11.6 Å². The van der Waals surface area contributed by atoms with Crippen LogP contribution in [0.3, 0.4) is 0 Å². The van der Waals surface area contributed by atoms with Crippen molar-refractivity contribution >= 4 is 12.0 Å². The van der Waals surface area contributed by atoms with Crippen LogP contribution in [0.5, 0.6) is 0 Å². The van der Waals surface area contributed by atoms with Gasteiger partial charge in [0.05, 0.1) is 24.6 Å². The SMILES string of the molecule is N#C/C(=C\c1cn(-c2ccccc2)nc1-c1ccccc1)C(=O)N1CCOCC1. The fourth-order valence-corrected chi connectivity index (χ4v) is 3.26. The minimum Gasteiger partial charge on any atom is -0.378 e. The molecule has 0 spiro atoms. The Morgan fingerprint density at radius 1 is 1.03 bits per heavy atom. The second kappa shape index (κ2) is 8.55. The zero-order valence-corrected chi connectivity index (χ0v) is 15.9. The van der Waals surface area contributed by atoms with E-state index in [1.54, 1.807) is 15.7 Å². The molecule has 2 heterocycles. The molecule has 1 aromatic heterocycles. The molecule has 3 aromatic rings. The lowest BCUT2D eigenvalue weighted by atomic mass is 10.1. The second-order valence-corrected chi connectivity index (χ2v) is 6.65. The van der Waals surface area contributed by atoms with Crippen LogP contribution in [0, 0.1) is 11.3 Å². The van der Waals surface area contributed by atoms with E-state index in [-0.39, 0.29) is 11.5 Å². The van der Waals surface area contributed by atoms with E-state index in [2.05, 4.69) is 6.07 Å². The number of rotatable bonds is 4. The fourth-order valence-electron chi connectivity index (χ4n) is 3.26. The van der Waals surface area contributed by atoms with Gasteiger partial charge >= 0.3 is 0 Å². The molecule has 0 unspecified atom stereocenters. The Morgan fingerprint density at radius 3 is 2.34 bits per heavy atom. The second-order valence-electron chi connectivity index (χ2n) is 6.65. The van der Waals surface area contributed by atoms with Crippen LogP contribution in [0.2, 0.25) is 0 Å². The molecule has 4 rings (SSSR count). The lowest BCUT2D eigenvalue weighted by molar-refractivity contribution is -0.130. The molecule has 0 atom stereocenters. The van der Waals surface area contributed by atoms with Gasteiger partial charge in [0.2, 0.25) is 0 Å². The highest BCUT2D eigenvalue weighted by Crippen LogP contribution is 2.26. The van der Waals surface area contributed by atoms with Crippen molar-refractivity contribution in [1.29, 1.82) is 5.26 Å². The average molecular weight is 384 g/mol. The molecular formula is C23H20N4O2. The van der Waals surface area contributed by atoms with Gasteiger partial charge in [-0.25, -0.2) is 4.68 Å². The van der Waals surface area contributed by atoms with Gasteiger partial charge < -0.3 is 9.64 Å². The number of nitriles is 1. The number of para-hydroxylation sites is 1. The van der Waals surface area contributed by atoms with Crippen LogP contribution >= 0.6 is 0 Å². The number of aromatic nitrogens is 2. The molecule has 29 heavy (non-hydrogen) atoms. The maximum absolute atomic E-state index is 12.8. The highest BCUT2D eigenvalue weighted by molar-refractivity contribution is 6.02. The monoisotopic (exact) mass is 384 g/mol. The summed E-state index contributed by atoms with van der Waals surface area (Å²) in [6.45, 7) is 1.97. The zero-order valence-electron chi connectivity index (χ0n) is 15.9. The van der Waals surface area contributed by atoms with Gasteiger partial charge in [-0.05, 0) is 18.2 Å². The Morgan fingerprint density at radius 2 is 1.69 bits per heavy atom. The number of ether oxygens (including phenoxy) is 1. The summed E-state index contributed by atoms with van der Waals surface area (Å²) in [5.41, 5.74) is 3.36. The number of amides is 1. The van der Waals surface area contributed by atoms with Crippen LogP contribution in [0.25, 0.3) is 23.0 Å². The van der Waals surface area contributed by atoms with Crippen molar-refractivity contribution in [2.45, 2.75) is 0 Å². The number of carbonyl (C=O) groups excluding carboxylic acids is 1. The van der Waals surface area contributed by atoms with Crippen LogP contribution in [0.15, 0.2) is 72.4 Å². The summed E-state index contributed by atoms with van der Waals surface area (Å²) >= 11 is 0. The first kappa shape index (κ1) is 18.7. The van der Waals surface area contributed by atoms with Crippen LogP contribution in [0.4, 0.5) is 0 Å². The Bertz CT molecular complexity index is 1060. The Labute approximate surface area is 169 Å². The lowest BCUT2D eigenvalue weighted by Gasteiger charge is -2.26. The van der Waals surface area contributed by atoms with Crippen molar-refractivity contribution in [3.63, 3.8) is 0 Å². The van der Waals surface area contributed by atoms with Gasteiger partial charge in [0.15, 0.2) is 0 Å². The fraction of sp³-hybridized carbons (Fsp3) is 0.174. The predicted molar refractivity (Wildman–Crippen MR) is 110 cm³/mol. The van der Waals surface area contributed by atoms with Crippen LogP contribution < -0.4 is 0 Å². The summed E-state index contributed by atoms with van der Waals surface area (Å²) in [6, 6.07) is 21.6. The smallest absolute Gasteiger partial charge is 0.264 e. The highest BCUT2D eigenvalue weighted by atomic mass is 16.5. The molecule has 0 radical (unpaired) electrons. The van der Waals surface area contributed by atoms with E-state index in [0.29, 0.717) is 26.3 Å². The topological polar surface area (TPSA) is 71.2 Å². The zero-order chi connectivity index (χ0) is 20.1. The van der Waals surface area contributed by atoms with E-state index >= 15 is 0 Å². The number of hydrogen-bond acceptors (Lipinski definition) is 4. The van der Waals surface area contributed by atoms with E-state index in [9.17, 15) is 10.1 Å². The summed E-state index contributed by atoms with van der Waals surface area (Å²) in [5, 5.41) is 14.4. The molecule has 1 fully saturated rings. The quantitative estimate of drug-likeness (QED) is 0.511. The van der Waals surface area contributed by atoms with Crippen molar-refractivity contribution < 1.29 is 9.53 Å². The summed E-state index contributed by atoms with van der Waals surface area (Å²) in [6.07, 6.45) is 3.48. The first-order valence-electron chi connectivity index (χ1n) is 9.45. The van der Waals surface area contributed by atoms with E-state index in [0.717, 1.165) is 22.5 Å². The maximum Gasteiger partial charge on any atom is 0.264 e. The standard InChI is InChI=1S/C23H20N4O2/c24-16-19(23(28)26-11-13-29-14-12-26)15-20-17-27(21-9-5-2-6-10-21)25-22(20)18-7-3-1-4-8-18/h1-10,15,17H,11-14H2/b19-15+. The molecule has 0 N–H and O–H groups in total. The highest BCUT2D eigenvalue weighted by Gasteiger charge is 2.21. The van der Waals surface area contributed by atoms with Crippen molar-refractivity contribution in [2.75, 3.05) is 26.3 Å². The van der Waals surface area contributed by atoms with Gasteiger partial charge in [0.25, 0.3) is 5.91 Å². The number of hydrogen-bond donors (Lipinski definition) is 0. The molecule has 0 aliphatic carbocycles. The first-order valence-corrected chi connectivity index (χ1v) is 9.45. The average Bonchev–Trinajstić information content (AvgIpc) is 3.23. The van der Waals surface area contributed by atoms with Gasteiger partial charge in [-0.1, -0.05) is 48.5 Å². The number of morpholine rings is 1.